The molecule has 1 aromatic rings. The van der Waals surface area contributed by atoms with Crippen LogP contribution in [0.5, 0.6) is 0 Å². The van der Waals surface area contributed by atoms with Gasteiger partial charge >= 0.3 is 0 Å². The summed E-state index contributed by atoms with van der Waals surface area (Å²) in [6.45, 7) is 1.82. The van der Waals surface area contributed by atoms with Crippen LogP contribution in [-0.2, 0) is 0 Å². The molecule has 0 radical (unpaired) electrons. The second kappa shape index (κ2) is 8.73. The van der Waals surface area contributed by atoms with Gasteiger partial charge in [0.1, 0.15) is 0 Å². The summed E-state index contributed by atoms with van der Waals surface area (Å²) >= 11 is 2.25. The van der Waals surface area contributed by atoms with Crippen LogP contribution in [0.3, 0.4) is 0 Å². The Kier molecular flexibility index (Phi) is 6.96. The van der Waals surface area contributed by atoms with Crippen molar-refractivity contribution in [3.8, 4) is 0 Å². The molecule has 0 aromatic heterocycles. The second-order valence-corrected chi connectivity index (χ2v) is 7.13. The number of hydrogen-bond donors (Lipinski definition) is 1. The first-order chi connectivity index (χ1) is 10.2. The van der Waals surface area contributed by atoms with Crippen LogP contribution in [0.15, 0.2) is 24.3 Å². The Bertz CT molecular complexity index is 441. The lowest BCUT2D eigenvalue weighted by Crippen LogP contribution is -2.35. The predicted octanol–water partition coefficient (Wildman–Crippen LogP) is 3.68. The van der Waals surface area contributed by atoms with Crippen molar-refractivity contribution in [3.63, 3.8) is 0 Å². The Balaban J connectivity index is 1.64. The SMILES string of the molecule is CN(CCCNC(=O)c1ccc(I)cc1)C1CCCCC1. The number of hydrogen-bond acceptors (Lipinski definition) is 2. The van der Waals surface area contributed by atoms with Crippen molar-refractivity contribution in [3.05, 3.63) is 33.4 Å². The van der Waals surface area contributed by atoms with Crippen LogP contribution >= 0.6 is 22.6 Å². The monoisotopic (exact) mass is 400 g/mol. The lowest BCUT2D eigenvalue weighted by molar-refractivity contribution is 0.0950. The number of benzene rings is 1. The fraction of sp³-hybridized carbons (Fsp3) is 0.588. The maximum Gasteiger partial charge on any atom is 0.251 e. The summed E-state index contributed by atoms with van der Waals surface area (Å²) in [6.07, 6.45) is 7.84. The molecule has 21 heavy (non-hydrogen) atoms. The van der Waals surface area contributed by atoms with Gasteiger partial charge in [-0.25, -0.2) is 0 Å². The number of carbonyl (C=O) groups is 1. The highest BCUT2D eigenvalue weighted by Gasteiger charge is 2.17. The maximum absolute atomic E-state index is 12.0. The van der Waals surface area contributed by atoms with Gasteiger partial charge in [-0.3, -0.25) is 4.79 Å². The van der Waals surface area contributed by atoms with Crippen molar-refractivity contribution >= 4 is 28.5 Å². The summed E-state index contributed by atoms with van der Waals surface area (Å²) in [5.74, 6) is 0.0340. The van der Waals surface area contributed by atoms with Crippen molar-refractivity contribution in [2.75, 3.05) is 20.1 Å². The highest BCUT2D eigenvalue weighted by molar-refractivity contribution is 14.1. The summed E-state index contributed by atoms with van der Waals surface area (Å²) in [4.78, 5) is 14.4. The van der Waals surface area contributed by atoms with Crippen molar-refractivity contribution in [2.45, 2.75) is 44.6 Å². The molecule has 0 saturated heterocycles. The third-order valence-electron chi connectivity index (χ3n) is 4.28. The Hall–Kier alpha value is -0.620. The minimum absolute atomic E-state index is 0.0340. The molecule has 1 fully saturated rings. The number of nitrogens with one attached hydrogen (secondary N) is 1. The molecule has 0 atom stereocenters. The van der Waals surface area contributed by atoms with Gasteiger partial charge in [0.05, 0.1) is 0 Å². The van der Waals surface area contributed by atoms with E-state index in [9.17, 15) is 4.79 Å². The molecule has 0 unspecified atom stereocenters. The van der Waals surface area contributed by atoms with Crippen molar-refractivity contribution < 1.29 is 4.79 Å². The summed E-state index contributed by atoms with van der Waals surface area (Å²) in [7, 11) is 2.22. The molecule has 1 aliphatic rings. The molecular formula is C17H25IN2O. The van der Waals surface area contributed by atoms with Crippen LogP contribution < -0.4 is 5.32 Å². The molecule has 1 aliphatic carbocycles. The summed E-state index contributed by atoms with van der Waals surface area (Å²) in [6, 6.07) is 8.44. The van der Waals surface area contributed by atoms with E-state index in [-0.39, 0.29) is 5.91 Å². The van der Waals surface area contributed by atoms with Gasteiger partial charge in [-0.05, 0) is 79.7 Å². The van der Waals surface area contributed by atoms with E-state index in [0.717, 1.165) is 34.7 Å². The van der Waals surface area contributed by atoms with Crippen LogP contribution in [0.2, 0.25) is 0 Å². The molecule has 1 amide bonds. The fourth-order valence-corrected chi connectivity index (χ4v) is 3.30. The van der Waals surface area contributed by atoms with Crippen LogP contribution in [0.1, 0.15) is 48.9 Å². The minimum atomic E-state index is 0.0340. The summed E-state index contributed by atoms with van der Waals surface area (Å²) in [5, 5.41) is 3.01. The number of nitrogens with zero attached hydrogens (tertiary/aromatic N) is 1. The van der Waals surface area contributed by atoms with Gasteiger partial charge in [0, 0.05) is 21.7 Å². The van der Waals surface area contributed by atoms with E-state index in [4.69, 9.17) is 0 Å². The molecule has 0 heterocycles. The van der Waals surface area contributed by atoms with E-state index in [1.165, 1.54) is 32.1 Å². The van der Waals surface area contributed by atoms with E-state index >= 15 is 0 Å². The number of amides is 1. The third kappa shape index (κ3) is 5.58. The van der Waals surface area contributed by atoms with Gasteiger partial charge in [0.25, 0.3) is 5.91 Å². The molecule has 3 nitrogen and oxygen atoms in total. The summed E-state index contributed by atoms with van der Waals surface area (Å²) in [5.41, 5.74) is 0.746. The lowest BCUT2D eigenvalue weighted by Gasteiger charge is -2.31. The summed E-state index contributed by atoms with van der Waals surface area (Å²) < 4.78 is 1.15. The van der Waals surface area contributed by atoms with Crippen LogP contribution in [-0.4, -0.2) is 37.0 Å². The average molecular weight is 400 g/mol. The number of rotatable bonds is 6. The molecule has 2 rings (SSSR count). The first-order valence-corrected chi connectivity index (χ1v) is 8.98. The molecule has 1 N–H and O–H groups in total. The van der Waals surface area contributed by atoms with Gasteiger partial charge in [-0.15, -0.1) is 0 Å². The largest absolute Gasteiger partial charge is 0.352 e. The first kappa shape index (κ1) is 16.7. The zero-order valence-electron chi connectivity index (χ0n) is 12.8. The normalized spacial score (nSPS) is 16.1. The van der Waals surface area contributed by atoms with E-state index in [1.54, 1.807) is 0 Å². The van der Waals surface area contributed by atoms with Crippen LogP contribution in [0.25, 0.3) is 0 Å². The van der Waals surface area contributed by atoms with E-state index in [2.05, 4.69) is 39.9 Å². The van der Waals surface area contributed by atoms with Gasteiger partial charge in [-0.2, -0.15) is 0 Å². The standard InChI is InChI=1S/C17H25IN2O/c1-20(16-6-3-2-4-7-16)13-5-12-19-17(21)14-8-10-15(18)11-9-14/h8-11,16H,2-7,12-13H2,1H3,(H,19,21). The highest BCUT2D eigenvalue weighted by Crippen LogP contribution is 2.21. The van der Waals surface area contributed by atoms with E-state index < -0.39 is 0 Å². The Labute approximate surface area is 141 Å². The number of halogens is 1. The smallest absolute Gasteiger partial charge is 0.251 e. The van der Waals surface area contributed by atoms with E-state index in [0.29, 0.717) is 0 Å². The van der Waals surface area contributed by atoms with Crippen LogP contribution in [0, 0.1) is 3.57 Å². The first-order valence-electron chi connectivity index (χ1n) is 7.91. The molecule has 1 saturated carbocycles. The fourth-order valence-electron chi connectivity index (χ4n) is 2.94. The van der Waals surface area contributed by atoms with Crippen molar-refractivity contribution in [2.24, 2.45) is 0 Å². The molecule has 116 valence electrons. The van der Waals surface area contributed by atoms with Gasteiger partial charge in [0.15, 0.2) is 0 Å². The van der Waals surface area contributed by atoms with Crippen molar-refractivity contribution in [1.29, 1.82) is 0 Å². The molecule has 1 aromatic carbocycles. The zero-order chi connectivity index (χ0) is 15.1. The topological polar surface area (TPSA) is 32.3 Å². The minimum Gasteiger partial charge on any atom is -0.352 e. The highest BCUT2D eigenvalue weighted by atomic mass is 127. The molecule has 4 heteroatoms. The van der Waals surface area contributed by atoms with E-state index in [1.807, 2.05) is 24.3 Å². The quantitative estimate of drug-likeness (QED) is 0.584. The molecule has 0 spiro atoms. The molecule has 0 bridgehead atoms. The predicted molar refractivity (Wildman–Crippen MR) is 95.6 cm³/mol. The van der Waals surface area contributed by atoms with Gasteiger partial charge in [0.2, 0.25) is 0 Å². The molecule has 0 aliphatic heterocycles. The van der Waals surface area contributed by atoms with Gasteiger partial charge in [-0.1, -0.05) is 19.3 Å². The number of carbonyl (C=O) groups excluding carboxylic acids is 1. The second-order valence-electron chi connectivity index (χ2n) is 5.89. The average Bonchev–Trinajstić information content (AvgIpc) is 2.52. The Morgan fingerprint density at radius 2 is 1.90 bits per heavy atom. The molecular weight excluding hydrogens is 375 g/mol. The van der Waals surface area contributed by atoms with Crippen molar-refractivity contribution in [1.82, 2.24) is 10.2 Å². The lowest BCUT2D eigenvalue weighted by atomic mass is 9.94. The maximum atomic E-state index is 12.0. The van der Waals surface area contributed by atoms with Crippen LogP contribution in [0.4, 0.5) is 0 Å². The third-order valence-corrected chi connectivity index (χ3v) is 5.00. The Morgan fingerprint density at radius 1 is 1.24 bits per heavy atom. The zero-order valence-corrected chi connectivity index (χ0v) is 14.9. The van der Waals surface area contributed by atoms with Gasteiger partial charge < -0.3 is 10.2 Å². The Morgan fingerprint density at radius 3 is 2.57 bits per heavy atom.